The van der Waals surface area contributed by atoms with Crippen LogP contribution in [0.4, 0.5) is 17.1 Å². The van der Waals surface area contributed by atoms with E-state index in [4.69, 9.17) is 0 Å². The maximum absolute atomic E-state index is 2.57. The van der Waals surface area contributed by atoms with Crippen LogP contribution < -0.4 is 4.90 Å². The molecule has 0 N–H and O–H groups in total. The van der Waals surface area contributed by atoms with Crippen LogP contribution in [0.1, 0.15) is 22.3 Å². The predicted octanol–water partition coefficient (Wildman–Crippen LogP) is 18.6. The first-order valence-corrected chi connectivity index (χ1v) is 24.4. The van der Waals surface area contributed by atoms with Gasteiger partial charge in [0, 0.05) is 16.9 Å². The molecule has 70 heavy (non-hydrogen) atoms. The molecule has 0 aliphatic heterocycles. The highest BCUT2D eigenvalue weighted by Crippen LogP contribution is 2.64. The SMILES string of the molecule is c1ccc2c(c1)-c1ccccc1C21c2ccccc2-c2cc(-c3ccc(-c4cccc5ccccc45)cc3)c(N(c3ccc4ccccc4c3)c3ccc4c5ccccc5c5ccccc5c4c3)cc21. The second-order valence-electron chi connectivity index (χ2n) is 19.1. The van der Waals surface area contributed by atoms with Crippen molar-refractivity contribution < 1.29 is 0 Å². The van der Waals surface area contributed by atoms with Gasteiger partial charge in [-0.15, -0.1) is 0 Å². The van der Waals surface area contributed by atoms with Gasteiger partial charge in [0.05, 0.1) is 11.1 Å². The molecule has 15 rings (SSSR count). The molecule has 0 atom stereocenters. The van der Waals surface area contributed by atoms with Crippen molar-refractivity contribution in [3.63, 3.8) is 0 Å². The largest absolute Gasteiger partial charge is 0.310 e. The van der Waals surface area contributed by atoms with Crippen molar-refractivity contribution in [2.75, 3.05) is 4.90 Å². The Kier molecular flexibility index (Phi) is 8.35. The number of nitrogens with zero attached hydrogens (tertiary/aromatic N) is 1. The molecule has 2 aliphatic carbocycles. The van der Waals surface area contributed by atoms with Crippen LogP contribution in [0.5, 0.6) is 0 Å². The predicted molar refractivity (Wildman–Crippen MR) is 296 cm³/mol. The second kappa shape index (κ2) is 15.0. The van der Waals surface area contributed by atoms with Gasteiger partial charge >= 0.3 is 0 Å². The smallest absolute Gasteiger partial charge is 0.0726 e. The van der Waals surface area contributed by atoms with E-state index in [9.17, 15) is 0 Å². The van der Waals surface area contributed by atoms with Crippen LogP contribution in [0.25, 0.3) is 98.4 Å². The minimum Gasteiger partial charge on any atom is -0.310 e. The van der Waals surface area contributed by atoms with E-state index in [-0.39, 0.29) is 0 Å². The molecule has 13 aromatic rings. The van der Waals surface area contributed by atoms with Gasteiger partial charge in [0.1, 0.15) is 0 Å². The molecule has 0 aromatic heterocycles. The zero-order valence-corrected chi connectivity index (χ0v) is 38.3. The van der Waals surface area contributed by atoms with Gasteiger partial charge in [-0.05, 0) is 151 Å². The van der Waals surface area contributed by atoms with Crippen LogP contribution in [-0.2, 0) is 5.41 Å². The summed E-state index contributed by atoms with van der Waals surface area (Å²) in [6, 6.07) is 97.8. The summed E-state index contributed by atoms with van der Waals surface area (Å²) in [5.74, 6) is 0. The van der Waals surface area contributed by atoms with E-state index in [1.54, 1.807) is 0 Å². The maximum Gasteiger partial charge on any atom is 0.0726 e. The van der Waals surface area contributed by atoms with E-state index in [1.807, 2.05) is 0 Å². The molecular formula is C69H43N. The molecule has 1 spiro atoms. The lowest BCUT2D eigenvalue weighted by molar-refractivity contribution is 0.794. The molecule has 324 valence electrons. The lowest BCUT2D eigenvalue weighted by Gasteiger charge is -2.33. The molecule has 0 unspecified atom stereocenters. The Bertz CT molecular complexity index is 4220. The van der Waals surface area contributed by atoms with E-state index in [0.29, 0.717) is 0 Å². The minimum absolute atomic E-state index is 0.516. The summed E-state index contributed by atoms with van der Waals surface area (Å²) in [7, 11) is 0. The molecule has 1 nitrogen and oxygen atoms in total. The van der Waals surface area contributed by atoms with Gasteiger partial charge in [0.15, 0.2) is 0 Å². The van der Waals surface area contributed by atoms with Gasteiger partial charge in [0.2, 0.25) is 0 Å². The third-order valence-corrected chi connectivity index (χ3v) is 15.6. The third kappa shape index (κ3) is 5.49. The van der Waals surface area contributed by atoms with Crippen molar-refractivity contribution in [3.8, 4) is 44.5 Å². The van der Waals surface area contributed by atoms with Gasteiger partial charge in [-0.3, -0.25) is 0 Å². The van der Waals surface area contributed by atoms with Crippen LogP contribution in [0.3, 0.4) is 0 Å². The molecular weight excluding hydrogens is 843 g/mol. The third-order valence-electron chi connectivity index (χ3n) is 15.6. The highest BCUT2D eigenvalue weighted by atomic mass is 15.1. The minimum atomic E-state index is -0.516. The average Bonchev–Trinajstić information content (AvgIpc) is 3.90. The molecule has 0 saturated carbocycles. The first kappa shape index (κ1) is 39.0. The molecule has 2 aliphatic rings. The number of rotatable bonds is 5. The fraction of sp³-hybridized carbons (Fsp3) is 0.0145. The zero-order valence-electron chi connectivity index (χ0n) is 38.3. The van der Waals surface area contributed by atoms with Gasteiger partial charge in [-0.2, -0.15) is 0 Å². The Hall–Kier alpha value is -9.04. The van der Waals surface area contributed by atoms with Gasteiger partial charge in [-0.25, -0.2) is 0 Å². The topological polar surface area (TPSA) is 3.24 Å². The van der Waals surface area contributed by atoms with E-state index < -0.39 is 5.41 Å². The molecule has 0 bridgehead atoms. The lowest BCUT2D eigenvalue weighted by Crippen LogP contribution is -2.26. The summed E-state index contributed by atoms with van der Waals surface area (Å²) in [4.78, 5) is 2.55. The fourth-order valence-electron chi connectivity index (χ4n) is 12.6. The number of hydrogen-bond donors (Lipinski definition) is 0. The number of benzene rings is 13. The Morgan fingerprint density at radius 2 is 0.671 bits per heavy atom. The first-order valence-electron chi connectivity index (χ1n) is 24.4. The van der Waals surface area contributed by atoms with Gasteiger partial charge in [0.25, 0.3) is 0 Å². The maximum atomic E-state index is 2.57. The van der Waals surface area contributed by atoms with Crippen molar-refractivity contribution in [3.05, 3.63) is 283 Å². The van der Waals surface area contributed by atoms with Crippen molar-refractivity contribution in [1.29, 1.82) is 0 Å². The normalized spacial score (nSPS) is 13.0. The lowest BCUT2D eigenvalue weighted by atomic mass is 9.70. The molecule has 0 heterocycles. The molecule has 1 heteroatoms. The fourth-order valence-corrected chi connectivity index (χ4v) is 12.6. The quantitative estimate of drug-likeness (QED) is 0.156. The first-order chi connectivity index (χ1) is 34.7. The highest BCUT2D eigenvalue weighted by molar-refractivity contribution is 6.26. The van der Waals surface area contributed by atoms with Crippen molar-refractivity contribution >= 4 is 70.9 Å². The van der Waals surface area contributed by atoms with Gasteiger partial charge < -0.3 is 4.90 Å². The van der Waals surface area contributed by atoms with E-state index >= 15 is 0 Å². The van der Waals surface area contributed by atoms with Gasteiger partial charge in [-0.1, -0.05) is 224 Å². The molecule has 0 amide bonds. The summed E-state index contributed by atoms with van der Waals surface area (Å²) < 4.78 is 0. The van der Waals surface area contributed by atoms with Crippen LogP contribution >= 0.6 is 0 Å². The van der Waals surface area contributed by atoms with E-state index in [0.717, 1.165) is 22.6 Å². The Labute approximate surface area is 406 Å². The second-order valence-corrected chi connectivity index (χ2v) is 19.1. The standard InChI is InChI=1S/C69H43N/c1-2-18-48-40-49(37-36-44(48)16-1)70(50-38-39-57-55-23-6-5-21-53(55)54-22-7-8-24-56(54)62(57)41-50)68-43-67-63(42-61(68)47-34-32-46(33-35-47)52-28-15-19-45-17-3-4-20-51(45)52)60-27-11-14-31-66(60)69(67)64-29-12-9-25-58(64)59-26-10-13-30-65(59)69/h1-43H. The number of hydrogen-bond acceptors (Lipinski definition) is 1. The summed E-state index contributed by atoms with van der Waals surface area (Å²) >= 11 is 0. The van der Waals surface area contributed by atoms with Crippen molar-refractivity contribution in [2.45, 2.75) is 5.41 Å². The molecule has 0 saturated heterocycles. The van der Waals surface area contributed by atoms with E-state index in [1.165, 1.54) is 115 Å². The van der Waals surface area contributed by atoms with Crippen LogP contribution in [0, 0.1) is 0 Å². The van der Waals surface area contributed by atoms with Crippen LogP contribution in [0.2, 0.25) is 0 Å². The Morgan fingerprint density at radius 3 is 1.31 bits per heavy atom. The molecule has 13 aromatic carbocycles. The van der Waals surface area contributed by atoms with Crippen LogP contribution in [-0.4, -0.2) is 0 Å². The number of anilines is 3. The monoisotopic (exact) mass is 885 g/mol. The summed E-state index contributed by atoms with van der Waals surface area (Å²) in [5, 5.41) is 12.5. The molecule has 0 radical (unpaired) electrons. The Morgan fingerprint density at radius 1 is 0.229 bits per heavy atom. The summed E-state index contributed by atoms with van der Waals surface area (Å²) in [6.07, 6.45) is 0. The average molecular weight is 886 g/mol. The zero-order chi connectivity index (χ0) is 45.9. The summed E-state index contributed by atoms with van der Waals surface area (Å²) in [5.41, 5.74) is 18.1. The Balaban J connectivity index is 1.06. The van der Waals surface area contributed by atoms with Crippen LogP contribution in [0.15, 0.2) is 261 Å². The van der Waals surface area contributed by atoms with Crippen molar-refractivity contribution in [2.24, 2.45) is 0 Å². The molecule has 0 fully saturated rings. The number of fused-ring (bicyclic) bond motifs is 18. The van der Waals surface area contributed by atoms with E-state index in [2.05, 4.69) is 266 Å². The highest BCUT2D eigenvalue weighted by Gasteiger charge is 2.52. The summed E-state index contributed by atoms with van der Waals surface area (Å²) in [6.45, 7) is 0. The van der Waals surface area contributed by atoms with Crippen molar-refractivity contribution in [1.82, 2.24) is 0 Å².